The Hall–Kier alpha value is -1.15. The van der Waals surface area contributed by atoms with Crippen molar-refractivity contribution in [3.8, 4) is 0 Å². The zero-order chi connectivity index (χ0) is 16.5. The molecule has 3 unspecified atom stereocenters. The van der Waals surface area contributed by atoms with Crippen molar-refractivity contribution in [2.24, 2.45) is 17.8 Å². The number of rotatable bonds is 3. The molecule has 2 aliphatic carbocycles. The van der Waals surface area contributed by atoms with E-state index in [0.717, 1.165) is 31.6 Å². The summed E-state index contributed by atoms with van der Waals surface area (Å²) in [5.41, 5.74) is -0.925. The monoisotopic (exact) mass is 346 g/mol. The molecule has 126 valence electrons. The second kappa shape index (κ2) is 4.69. The Morgan fingerprint density at radius 2 is 2.00 bits per heavy atom. The molecule has 4 rings (SSSR count). The third-order valence-corrected chi connectivity index (χ3v) is 8.48. The van der Waals surface area contributed by atoms with Gasteiger partial charge in [-0.2, -0.15) is 13.2 Å². The molecule has 1 aromatic heterocycles. The maximum Gasteiger partial charge on any atom is 0.417 e. The largest absolute Gasteiger partial charge is 0.417 e. The molecule has 8 heteroatoms. The first-order valence-electron chi connectivity index (χ1n) is 7.74. The smallest absolute Gasteiger partial charge is 0.316 e. The van der Waals surface area contributed by atoms with Crippen LogP contribution in [0.3, 0.4) is 0 Å². The summed E-state index contributed by atoms with van der Waals surface area (Å²) >= 11 is 0. The van der Waals surface area contributed by atoms with Gasteiger partial charge in [0.05, 0.1) is 10.3 Å². The lowest BCUT2D eigenvalue weighted by atomic mass is 9.48. The number of hydrogen-bond acceptors (Lipinski definition) is 4. The molecular weight excluding hydrogens is 329 g/mol. The number of hydrogen-bond donors (Lipinski definition) is 1. The molecule has 23 heavy (non-hydrogen) atoms. The van der Waals surface area contributed by atoms with Crippen LogP contribution < -0.4 is 5.32 Å². The molecule has 3 fully saturated rings. The van der Waals surface area contributed by atoms with Crippen LogP contribution in [0.25, 0.3) is 0 Å². The molecule has 2 saturated carbocycles. The van der Waals surface area contributed by atoms with Crippen LogP contribution in [-0.2, 0) is 16.0 Å². The lowest BCUT2D eigenvalue weighted by Crippen LogP contribution is -2.69. The standard InChI is InChI=1S/C15H17F3N2O2S/c16-15(17,18)10-1-2-13(20-8-10)23(21,22)14-4-3-12(14)11(5-14)9-6-19-7-9/h1-2,8-9,11-12,19H,3-7H2. The minimum Gasteiger partial charge on any atom is -0.316 e. The van der Waals surface area contributed by atoms with Crippen molar-refractivity contribution in [1.82, 2.24) is 10.3 Å². The second-order valence-corrected chi connectivity index (χ2v) is 9.12. The Morgan fingerprint density at radius 1 is 1.26 bits per heavy atom. The average Bonchev–Trinajstić information content (AvgIpc) is 2.40. The highest BCUT2D eigenvalue weighted by atomic mass is 32.2. The molecule has 1 aliphatic heterocycles. The van der Waals surface area contributed by atoms with Crippen molar-refractivity contribution in [2.75, 3.05) is 13.1 Å². The van der Waals surface area contributed by atoms with Crippen molar-refractivity contribution in [3.05, 3.63) is 23.9 Å². The summed E-state index contributed by atoms with van der Waals surface area (Å²) in [6.45, 7) is 1.88. The lowest BCUT2D eigenvalue weighted by Gasteiger charge is -2.64. The molecule has 3 aliphatic rings. The number of halogens is 3. The maximum atomic E-state index is 12.9. The summed E-state index contributed by atoms with van der Waals surface area (Å²) in [7, 11) is -3.68. The van der Waals surface area contributed by atoms with Gasteiger partial charge in [0, 0.05) is 6.20 Å². The Labute approximate surface area is 132 Å². The van der Waals surface area contributed by atoms with Gasteiger partial charge in [-0.3, -0.25) is 0 Å². The molecule has 0 radical (unpaired) electrons. The molecule has 1 N–H and O–H groups in total. The maximum absolute atomic E-state index is 12.9. The summed E-state index contributed by atoms with van der Waals surface area (Å²) in [6, 6.07) is 1.80. The number of aromatic nitrogens is 1. The number of nitrogens with zero attached hydrogens (tertiary/aromatic N) is 1. The first kappa shape index (κ1) is 15.4. The molecule has 0 aromatic carbocycles. The lowest BCUT2D eigenvalue weighted by molar-refractivity contribution is -0.137. The number of pyridine rings is 1. The van der Waals surface area contributed by atoms with Crippen LogP contribution in [-0.4, -0.2) is 31.2 Å². The van der Waals surface area contributed by atoms with E-state index in [4.69, 9.17) is 0 Å². The van der Waals surface area contributed by atoms with E-state index in [1.165, 1.54) is 0 Å². The topological polar surface area (TPSA) is 59.1 Å². The Morgan fingerprint density at radius 3 is 2.39 bits per heavy atom. The molecule has 1 saturated heterocycles. The van der Waals surface area contributed by atoms with Gasteiger partial charge >= 0.3 is 6.18 Å². The van der Waals surface area contributed by atoms with Gasteiger partial charge in [-0.05, 0) is 62.2 Å². The van der Waals surface area contributed by atoms with Crippen LogP contribution in [0.1, 0.15) is 24.8 Å². The third-order valence-electron chi connectivity index (χ3n) is 5.95. The molecule has 0 spiro atoms. The van der Waals surface area contributed by atoms with Crippen LogP contribution in [0.4, 0.5) is 13.2 Å². The Balaban J connectivity index is 1.59. The molecule has 2 heterocycles. The zero-order valence-electron chi connectivity index (χ0n) is 12.3. The van der Waals surface area contributed by atoms with Crippen LogP contribution in [0.5, 0.6) is 0 Å². The van der Waals surface area contributed by atoms with Crippen LogP contribution in [0, 0.1) is 17.8 Å². The Bertz CT molecular complexity index is 728. The predicted molar refractivity (Wildman–Crippen MR) is 76.3 cm³/mol. The molecule has 3 atom stereocenters. The van der Waals surface area contributed by atoms with Gasteiger partial charge in [0.25, 0.3) is 0 Å². The first-order valence-corrected chi connectivity index (χ1v) is 9.23. The van der Waals surface area contributed by atoms with Crippen LogP contribution in [0.2, 0.25) is 0 Å². The summed E-state index contributed by atoms with van der Waals surface area (Å²) < 4.78 is 62.7. The first-order chi connectivity index (χ1) is 10.8. The van der Waals surface area contributed by atoms with E-state index in [1.54, 1.807) is 0 Å². The van der Waals surface area contributed by atoms with E-state index in [1.807, 2.05) is 0 Å². The molecule has 0 bridgehead atoms. The highest BCUT2D eigenvalue weighted by Gasteiger charge is 2.68. The van der Waals surface area contributed by atoms with E-state index in [-0.39, 0.29) is 10.9 Å². The van der Waals surface area contributed by atoms with Crippen LogP contribution in [0.15, 0.2) is 23.4 Å². The second-order valence-electron chi connectivity index (χ2n) is 6.88. The molecular formula is C15H17F3N2O2S. The fourth-order valence-corrected chi connectivity index (χ4v) is 6.68. The predicted octanol–water partition coefficient (Wildman–Crippen LogP) is 2.26. The highest BCUT2D eigenvalue weighted by Crippen LogP contribution is 2.65. The Kier molecular flexibility index (Phi) is 3.14. The summed E-state index contributed by atoms with van der Waals surface area (Å²) in [5, 5.41) is 2.98. The fourth-order valence-electron chi connectivity index (χ4n) is 4.34. The van der Waals surface area contributed by atoms with Gasteiger partial charge in [-0.1, -0.05) is 0 Å². The van der Waals surface area contributed by atoms with E-state index in [0.29, 0.717) is 30.9 Å². The van der Waals surface area contributed by atoms with Gasteiger partial charge in [0.2, 0.25) is 9.84 Å². The van der Waals surface area contributed by atoms with Crippen LogP contribution >= 0.6 is 0 Å². The summed E-state index contributed by atoms with van der Waals surface area (Å²) in [6.07, 6.45) is -1.79. The van der Waals surface area contributed by atoms with Crippen molar-refractivity contribution >= 4 is 9.84 Å². The average molecular weight is 346 g/mol. The normalized spacial score (nSPS) is 34.0. The van der Waals surface area contributed by atoms with E-state index in [2.05, 4.69) is 10.3 Å². The third kappa shape index (κ3) is 2.00. The minimum atomic E-state index is -4.51. The highest BCUT2D eigenvalue weighted by molar-refractivity contribution is 7.92. The molecule has 0 amide bonds. The zero-order valence-corrected chi connectivity index (χ0v) is 13.1. The minimum absolute atomic E-state index is 0.142. The van der Waals surface area contributed by atoms with Crippen molar-refractivity contribution in [1.29, 1.82) is 0 Å². The SMILES string of the molecule is O=S(=O)(c1ccc(C(F)(F)F)cn1)C12CCC1C(C1CNC1)C2. The number of nitrogens with one attached hydrogen (secondary N) is 1. The van der Waals surface area contributed by atoms with Gasteiger partial charge in [-0.25, -0.2) is 13.4 Å². The fraction of sp³-hybridized carbons (Fsp3) is 0.667. The summed E-state index contributed by atoms with van der Waals surface area (Å²) in [4.78, 5) is 3.62. The van der Waals surface area contributed by atoms with E-state index in [9.17, 15) is 21.6 Å². The van der Waals surface area contributed by atoms with Gasteiger partial charge in [0.15, 0.2) is 5.03 Å². The van der Waals surface area contributed by atoms with E-state index >= 15 is 0 Å². The molecule has 1 aromatic rings. The number of sulfone groups is 1. The number of alkyl halides is 3. The van der Waals surface area contributed by atoms with Gasteiger partial charge in [0.1, 0.15) is 0 Å². The summed E-state index contributed by atoms with van der Waals surface area (Å²) in [5.74, 6) is 1.11. The van der Waals surface area contributed by atoms with E-state index < -0.39 is 26.3 Å². The van der Waals surface area contributed by atoms with Crippen molar-refractivity contribution in [2.45, 2.75) is 35.2 Å². The molecule has 4 nitrogen and oxygen atoms in total. The van der Waals surface area contributed by atoms with Crippen molar-refractivity contribution in [3.63, 3.8) is 0 Å². The van der Waals surface area contributed by atoms with Crippen molar-refractivity contribution < 1.29 is 21.6 Å². The number of fused-ring (bicyclic) bond motifs is 1. The quantitative estimate of drug-likeness (QED) is 0.912. The van der Waals surface area contributed by atoms with Gasteiger partial charge < -0.3 is 5.32 Å². The van der Waals surface area contributed by atoms with Gasteiger partial charge in [-0.15, -0.1) is 0 Å².